The van der Waals surface area contributed by atoms with E-state index in [1.54, 1.807) is 18.3 Å². The average Bonchev–Trinajstić information content (AvgIpc) is 3.11. The minimum atomic E-state index is -0.486. The van der Waals surface area contributed by atoms with Crippen LogP contribution in [0, 0.1) is 0 Å². The maximum atomic E-state index is 11.9. The first kappa shape index (κ1) is 16.3. The average molecular weight is 331 g/mol. The molecule has 0 saturated carbocycles. The summed E-state index contributed by atoms with van der Waals surface area (Å²) >= 11 is 0. The number of hydrogen-bond acceptors (Lipinski definition) is 6. The van der Waals surface area contributed by atoms with Crippen molar-refractivity contribution in [2.24, 2.45) is 0 Å². The molecule has 1 saturated heterocycles. The molecule has 1 aromatic heterocycles. The summed E-state index contributed by atoms with van der Waals surface area (Å²) in [5.74, 6) is 1.19. The number of carbonyl (C=O) groups excluding carboxylic acids is 1. The molecule has 2 heterocycles. The van der Waals surface area contributed by atoms with Crippen molar-refractivity contribution in [1.82, 2.24) is 9.55 Å². The number of hydrogen-bond donors (Lipinski definition) is 1. The molecule has 128 valence electrons. The molecule has 0 unspecified atom stereocenters. The number of nitrogens with two attached hydrogens (primary N) is 1. The quantitative estimate of drug-likeness (QED) is 0.682. The van der Waals surface area contributed by atoms with Gasteiger partial charge in [0.05, 0.1) is 25.6 Å². The number of aromatic nitrogens is 2. The lowest BCUT2D eigenvalue weighted by molar-refractivity contribution is 0.0597. The largest absolute Gasteiger partial charge is 0.496 e. The molecule has 7 heteroatoms. The van der Waals surface area contributed by atoms with Crippen LogP contribution in [0.1, 0.15) is 34.9 Å². The number of imidazole rings is 1. The summed E-state index contributed by atoms with van der Waals surface area (Å²) in [6, 6.07) is 3.32. The Labute approximate surface area is 140 Å². The number of methoxy groups -OCH3 is 2. The van der Waals surface area contributed by atoms with E-state index in [1.807, 2.05) is 10.8 Å². The number of rotatable bonds is 4. The van der Waals surface area contributed by atoms with E-state index in [1.165, 1.54) is 14.2 Å². The van der Waals surface area contributed by atoms with Crippen molar-refractivity contribution in [3.8, 4) is 11.4 Å². The van der Waals surface area contributed by atoms with E-state index in [0.717, 1.165) is 37.6 Å². The van der Waals surface area contributed by atoms with Crippen LogP contribution in [0.25, 0.3) is 5.69 Å². The lowest BCUT2D eigenvalue weighted by atomic mass is 9.99. The number of nitrogen functional groups attached to an aromatic ring is 1. The molecule has 7 nitrogen and oxygen atoms in total. The van der Waals surface area contributed by atoms with Crippen molar-refractivity contribution in [3.63, 3.8) is 0 Å². The van der Waals surface area contributed by atoms with Gasteiger partial charge in [-0.25, -0.2) is 9.78 Å². The van der Waals surface area contributed by atoms with Gasteiger partial charge in [0, 0.05) is 37.6 Å². The molecular formula is C17H21N3O4. The number of nitrogens with zero attached hydrogens (tertiary/aromatic N) is 2. The van der Waals surface area contributed by atoms with E-state index >= 15 is 0 Å². The summed E-state index contributed by atoms with van der Waals surface area (Å²) in [7, 11) is 2.83. The minimum Gasteiger partial charge on any atom is -0.496 e. The topological polar surface area (TPSA) is 88.6 Å². The van der Waals surface area contributed by atoms with E-state index in [4.69, 9.17) is 19.9 Å². The van der Waals surface area contributed by atoms with Crippen molar-refractivity contribution in [3.05, 3.63) is 35.9 Å². The van der Waals surface area contributed by atoms with Gasteiger partial charge in [-0.05, 0) is 18.9 Å². The highest BCUT2D eigenvalue weighted by molar-refractivity contribution is 5.94. The van der Waals surface area contributed by atoms with Crippen LogP contribution >= 0.6 is 0 Å². The Balaban J connectivity index is 2.04. The number of benzene rings is 1. The van der Waals surface area contributed by atoms with E-state index in [0.29, 0.717) is 22.9 Å². The standard InChI is InChI=1S/C17H21N3O4/c1-22-15-10-14(13(18)9-12(15)17(21)23-2)20-6-5-19-16(20)11-3-7-24-8-4-11/h5-6,9-11H,3-4,7-8,18H2,1-2H3. The SMILES string of the molecule is COC(=O)c1cc(N)c(-n2ccnc2C2CCOCC2)cc1OC. The molecule has 2 aromatic rings. The molecule has 1 aromatic carbocycles. The van der Waals surface area contributed by atoms with Gasteiger partial charge in [-0.1, -0.05) is 0 Å². The Morgan fingerprint density at radius 1 is 1.33 bits per heavy atom. The molecule has 1 fully saturated rings. The predicted molar refractivity (Wildman–Crippen MR) is 88.7 cm³/mol. The van der Waals surface area contributed by atoms with Gasteiger partial charge in [0.2, 0.25) is 0 Å². The van der Waals surface area contributed by atoms with Gasteiger partial charge in [0.1, 0.15) is 17.1 Å². The van der Waals surface area contributed by atoms with Gasteiger partial charge >= 0.3 is 5.97 Å². The zero-order valence-electron chi connectivity index (χ0n) is 13.8. The van der Waals surface area contributed by atoms with Crippen molar-refractivity contribution >= 4 is 11.7 Å². The second-order valence-corrected chi connectivity index (χ2v) is 5.64. The van der Waals surface area contributed by atoms with Gasteiger partial charge in [-0.15, -0.1) is 0 Å². The molecule has 1 aliphatic heterocycles. The smallest absolute Gasteiger partial charge is 0.341 e. The maximum Gasteiger partial charge on any atom is 0.341 e. The highest BCUT2D eigenvalue weighted by atomic mass is 16.5. The van der Waals surface area contributed by atoms with Crippen molar-refractivity contribution in [2.45, 2.75) is 18.8 Å². The van der Waals surface area contributed by atoms with Crippen LogP contribution in [0.2, 0.25) is 0 Å². The van der Waals surface area contributed by atoms with Gasteiger partial charge in [0.15, 0.2) is 0 Å². The summed E-state index contributed by atoms with van der Waals surface area (Å²) < 4.78 is 17.5. The van der Waals surface area contributed by atoms with Crippen LogP contribution in [0.5, 0.6) is 5.75 Å². The molecule has 24 heavy (non-hydrogen) atoms. The molecular weight excluding hydrogens is 310 g/mol. The maximum absolute atomic E-state index is 11.9. The molecule has 3 rings (SSSR count). The fourth-order valence-corrected chi connectivity index (χ4v) is 3.01. The van der Waals surface area contributed by atoms with E-state index < -0.39 is 5.97 Å². The summed E-state index contributed by atoms with van der Waals surface area (Å²) in [6.07, 6.45) is 5.47. The van der Waals surface area contributed by atoms with Crippen molar-refractivity contribution in [2.75, 3.05) is 33.2 Å². The van der Waals surface area contributed by atoms with E-state index in [2.05, 4.69) is 4.98 Å². The Morgan fingerprint density at radius 3 is 2.75 bits per heavy atom. The molecule has 0 amide bonds. The van der Waals surface area contributed by atoms with Gasteiger partial charge < -0.3 is 24.5 Å². The highest BCUT2D eigenvalue weighted by Crippen LogP contribution is 2.33. The molecule has 0 atom stereocenters. The van der Waals surface area contributed by atoms with Crippen LogP contribution in [-0.2, 0) is 9.47 Å². The third-order valence-electron chi connectivity index (χ3n) is 4.27. The Hall–Kier alpha value is -2.54. The van der Waals surface area contributed by atoms with Crippen LogP contribution in [0.15, 0.2) is 24.5 Å². The zero-order valence-corrected chi connectivity index (χ0v) is 13.8. The van der Waals surface area contributed by atoms with Crippen molar-refractivity contribution in [1.29, 1.82) is 0 Å². The molecule has 1 aliphatic rings. The number of anilines is 1. The van der Waals surface area contributed by atoms with E-state index in [9.17, 15) is 4.79 Å². The van der Waals surface area contributed by atoms with Crippen LogP contribution in [0.3, 0.4) is 0 Å². The highest BCUT2D eigenvalue weighted by Gasteiger charge is 2.23. The Morgan fingerprint density at radius 2 is 2.08 bits per heavy atom. The first-order chi connectivity index (χ1) is 11.7. The summed E-state index contributed by atoms with van der Waals surface area (Å²) in [5, 5.41) is 0. The van der Waals surface area contributed by atoms with Crippen LogP contribution in [0.4, 0.5) is 5.69 Å². The second kappa shape index (κ2) is 6.92. The fourth-order valence-electron chi connectivity index (χ4n) is 3.01. The fraction of sp³-hybridized carbons (Fsp3) is 0.412. The zero-order chi connectivity index (χ0) is 17.1. The first-order valence-corrected chi connectivity index (χ1v) is 7.83. The molecule has 0 aliphatic carbocycles. The molecule has 0 radical (unpaired) electrons. The third-order valence-corrected chi connectivity index (χ3v) is 4.27. The lowest BCUT2D eigenvalue weighted by Crippen LogP contribution is -2.18. The summed E-state index contributed by atoms with van der Waals surface area (Å²) in [4.78, 5) is 16.4. The Kier molecular flexibility index (Phi) is 4.71. The monoisotopic (exact) mass is 331 g/mol. The molecule has 2 N–H and O–H groups in total. The summed E-state index contributed by atoms with van der Waals surface area (Å²) in [5.41, 5.74) is 7.69. The Bertz CT molecular complexity index is 735. The number of carbonyl (C=O) groups is 1. The second-order valence-electron chi connectivity index (χ2n) is 5.64. The third kappa shape index (κ3) is 2.94. The number of ether oxygens (including phenoxy) is 3. The number of esters is 1. The predicted octanol–water partition coefficient (Wildman–Crippen LogP) is 2.14. The normalized spacial score (nSPS) is 15.2. The lowest BCUT2D eigenvalue weighted by Gasteiger charge is -2.23. The van der Waals surface area contributed by atoms with Gasteiger partial charge in [-0.3, -0.25) is 0 Å². The van der Waals surface area contributed by atoms with Crippen molar-refractivity contribution < 1.29 is 19.0 Å². The summed E-state index contributed by atoms with van der Waals surface area (Å²) in [6.45, 7) is 1.47. The van der Waals surface area contributed by atoms with Gasteiger partial charge in [-0.2, -0.15) is 0 Å². The molecule has 0 spiro atoms. The minimum absolute atomic E-state index is 0.300. The van der Waals surface area contributed by atoms with Crippen LogP contribution < -0.4 is 10.5 Å². The molecule has 0 bridgehead atoms. The van der Waals surface area contributed by atoms with Gasteiger partial charge in [0.25, 0.3) is 0 Å². The van der Waals surface area contributed by atoms with E-state index in [-0.39, 0.29) is 0 Å². The first-order valence-electron chi connectivity index (χ1n) is 7.83. The van der Waals surface area contributed by atoms with Crippen LogP contribution in [-0.4, -0.2) is 43.0 Å².